The van der Waals surface area contributed by atoms with Crippen molar-refractivity contribution in [1.82, 2.24) is 0 Å². The van der Waals surface area contributed by atoms with Gasteiger partial charge in [-0.25, -0.2) is 4.57 Å². The molecule has 1 aliphatic carbocycles. The molecular formula is C47H81O14P. The lowest BCUT2D eigenvalue weighted by atomic mass is 9.85. The summed E-state index contributed by atoms with van der Waals surface area (Å²) in [5, 5.41) is 59.6. The Morgan fingerprint density at radius 2 is 1.05 bits per heavy atom. The maximum Gasteiger partial charge on any atom is 0.472 e. The number of aliphatic hydroxyl groups is 6. The molecule has 0 aromatic heterocycles. The molecule has 0 saturated heterocycles. The molecule has 0 amide bonds. The minimum atomic E-state index is -5.14. The van der Waals surface area contributed by atoms with Crippen LogP contribution in [0.25, 0.3) is 0 Å². The van der Waals surface area contributed by atoms with E-state index in [0.717, 1.165) is 38.5 Å². The molecule has 0 heterocycles. The summed E-state index contributed by atoms with van der Waals surface area (Å²) < 4.78 is 33.4. The highest BCUT2D eigenvalue weighted by molar-refractivity contribution is 7.47. The number of hydrogen-bond acceptors (Lipinski definition) is 13. The van der Waals surface area contributed by atoms with Gasteiger partial charge in [-0.2, -0.15) is 0 Å². The van der Waals surface area contributed by atoms with Gasteiger partial charge in [-0.3, -0.25) is 18.6 Å². The van der Waals surface area contributed by atoms with E-state index in [1.807, 2.05) is 43.4 Å². The van der Waals surface area contributed by atoms with E-state index in [0.29, 0.717) is 25.7 Å². The Kier molecular flexibility index (Phi) is 34.2. The van der Waals surface area contributed by atoms with Crippen molar-refractivity contribution in [3.05, 3.63) is 60.8 Å². The van der Waals surface area contributed by atoms with Crippen molar-refractivity contribution in [2.75, 3.05) is 13.2 Å². The maximum absolute atomic E-state index is 12.8. The second-order valence-corrected chi connectivity index (χ2v) is 17.5. The molecule has 0 radical (unpaired) electrons. The molecule has 358 valence electrons. The average molecular weight is 901 g/mol. The van der Waals surface area contributed by atoms with Crippen molar-refractivity contribution >= 4 is 19.8 Å². The predicted octanol–water partition coefficient (Wildman–Crippen LogP) is 7.92. The molecular weight excluding hydrogens is 819 g/mol. The van der Waals surface area contributed by atoms with Crippen LogP contribution >= 0.6 is 7.82 Å². The molecule has 0 aromatic carbocycles. The van der Waals surface area contributed by atoms with Crippen LogP contribution in [-0.4, -0.2) is 110 Å². The summed E-state index contributed by atoms with van der Waals surface area (Å²) in [5.41, 5.74) is 0. The third kappa shape index (κ3) is 29.1. The summed E-state index contributed by atoms with van der Waals surface area (Å²) in [5.74, 6) is -1.19. The number of rotatable bonds is 37. The molecule has 1 saturated carbocycles. The second kappa shape index (κ2) is 36.8. The Hall–Kier alpha value is -2.49. The maximum atomic E-state index is 12.8. The number of unbranched alkanes of at least 4 members (excludes halogenated alkanes) is 15. The van der Waals surface area contributed by atoms with E-state index in [-0.39, 0.29) is 12.8 Å². The van der Waals surface area contributed by atoms with Crippen LogP contribution in [0, 0.1) is 0 Å². The van der Waals surface area contributed by atoms with Crippen LogP contribution < -0.4 is 0 Å². The van der Waals surface area contributed by atoms with Crippen LogP contribution in [0.3, 0.4) is 0 Å². The highest BCUT2D eigenvalue weighted by Gasteiger charge is 2.51. The number of hydrogen-bond donors (Lipinski definition) is 7. The van der Waals surface area contributed by atoms with Gasteiger partial charge in [0.15, 0.2) is 6.10 Å². The first kappa shape index (κ1) is 57.5. The van der Waals surface area contributed by atoms with Crippen LogP contribution in [0.4, 0.5) is 0 Å². The smallest absolute Gasteiger partial charge is 0.462 e. The number of esters is 2. The van der Waals surface area contributed by atoms with Gasteiger partial charge in [-0.05, 0) is 44.9 Å². The van der Waals surface area contributed by atoms with E-state index in [1.165, 1.54) is 70.6 Å². The topological polar surface area (TPSA) is 230 Å². The minimum Gasteiger partial charge on any atom is -0.462 e. The van der Waals surface area contributed by atoms with Crippen molar-refractivity contribution in [1.29, 1.82) is 0 Å². The first-order valence-electron chi connectivity index (χ1n) is 23.2. The van der Waals surface area contributed by atoms with E-state index in [1.54, 1.807) is 6.08 Å². The molecule has 7 N–H and O–H groups in total. The highest BCUT2D eigenvalue weighted by Crippen LogP contribution is 2.47. The molecule has 7 unspecified atom stereocenters. The summed E-state index contributed by atoms with van der Waals surface area (Å²) in [6.45, 7) is 2.92. The summed E-state index contributed by atoms with van der Waals surface area (Å²) >= 11 is 0. The number of carbonyl (C=O) groups excluding carboxylic acids is 2. The Bertz CT molecular complexity index is 1330. The van der Waals surface area contributed by atoms with E-state index < -0.39 is 81.8 Å². The predicted molar refractivity (Wildman–Crippen MR) is 241 cm³/mol. The van der Waals surface area contributed by atoms with E-state index in [9.17, 15) is 49.7 Å². The molecule has 62 heavy (non-hydrogen) atoms. The fourth-order valence-electron chi connectivity index (χ4n) is 6.63. The molecule has 7 atom stereocenters. The van der Waals surface area contributed by atoms with E-state index in [4.69, 9.17) is 18.5 Å². The van der Waals surface area contributed by atoms with Gasteiger partial charge in [0.05, 0.1) is 12.7 Å². The van der Waals surface area contributed by atoms with E-state index >= 15 is 0 Å². The number of allylic oxidation sites excluding steroid dienone is 9. The Labute approximate surface area is 371 Å². The first-order valence-corrected chi connectivity index (χ1v) is 24.7. The molecule has 1 rings (SSSR count). The average Bonchev–Trinajstić information content (AvgIpc) is 3.25. The van der Waals surface area contributed by atoms with Gasteiger partial charge in [0.25, 0.3) is 0 Å². The van der Waals surface area contributed by atoms with Gasteiger partial charge in [-0.15, -0.1) is 0 Å². The van der Waals surface area contributed by atoms with Crippen molar-refractivity contribution in [2.24, 2.45) is 0 Å². The molecule has 0 bridgehead atoms. The van der Waals surface area contributed by atoms with Crippen LogP contribution in [0.5, 0.6) is 0 Å². The number of aliphatic hydroxyl groups excluding tert-OH is 6. The normalized spacial score (nSPS) is 22.9. The lowest BCUT2D eigenvalue weighted by Crippen LogP contribution is -2.64. The molecule has 15 heteroatoms. The third-order valence-corrected chi connectivity index (χ3v) is 11.5. The SMILES string of the molecule is CCCCCCCCCCCCCCCCCC(=O)OCC(COP(=O)(O)OC1C(O)C(O)C(O)C(O)C1O)OC(=O)CCC/C=C\C/C=C\C/C=C\C/C=C\C=C\C(O)CC. The van der Waals surface area contributed by atoms with Crippen LogP contribution in [0.15, 0.2) is 60.8 Å². The fraction of sp³-hybridized carbons (Fsp3) is 0.745. The van der Waals surface area contributed by atoms with Gasteiger partial charge in [0.1, 0.15) is 43.2 Å². The zero-order chi connectivity index (χ0) is 45.9. The molecule has 0 aliphatic heterocycles. The van der Waals surface area contributed by atoms with Crippen molar-refractivity contribution in [3.63, 3.8) is 0 Å². The van der Waals surface area contributed by atoms with Crippen molar-refractivity contribution in [2.45, 2.75) is 210 Å². The number of ether oxygens (including phenoxy) is 2. The molecule has 1 aliphatic rings. The standard InChI is InChI=1S/C47H81O14P/c1-3-5-6-7-8-9-10-11-12-16-19-22-25-28-31-34-40(49)58-36-39(37-59-62(56,57)61-47-45(54)43(52)42(51)44(53)46(47)55)60-41(50)35-32-29-26-23-20-17-14-13-15-18-21-24-27-30-33-38(48)4-2/h14-15,17-18,23-24,26-27,30,33,38-39,42-48,51-55H,3-13,16,19-22,25,28-29,31-32,34-37H2,1-2H3,(H,56,57)/b17-14-,18-15-,26-23-,27-24-,33-30+. The first-order chi connectivity index (χ1) is 29.8. The van der Waals surface area contributed by atoms with E-state index in [2.05, 4.69) is 25.2 Å². The number of phosphoric ester groups is 1. The quantitative estimate of drug-likeness (QED) is 0.0103. The summed E-state index contributed by atoms with van der Waals surface area (Å²) in [4.78, 5) is 35.7. The number of carbonyl (C=O) groups is 2. The van der Waals surface area contributed by atoms with Gasteiger partial charge >= 0.3 is 19.8 Å². The highest BCUT2D eigenvalue weighted by atomic mass is 31.2. The third-order valence-electron chi connectivity index (χ3n) is 10.5. The largest absolute Gasteiger partial charge is 0.472 e. The summed E-state index contributed by atoms with van der Waals surface area (Å²) in [6, 6.07) is 0. The van der Waals surface area contributed by atoms with Crippen LogP contribution in [0.2, 0.25) is 0 Å². The molecule has 1 fully saturated rings. The van der Waals surface area contributed by atoms with Gasteiger partial charge in [0.2, 0.25) is 0 Å². The fourth-order valence-corrected chi connectivity index (χ4v) is 7.60. The van der Waals surface area contributed by atoms with Crippen molar-refractivity contribution < 1.29 is 68.2 Å². The van der Waals surface area contributed by atoms with Gasteiger partial charge in [-0.1, -0.05) is 164 Å². The Morgan fingerprint density at radius 1 is 0.581 bits per heavy atom. The molecule has 0 spiro atoms. The summed E-state index contributed by atoms with van der Waals surface area (Å²) in [7, 11) is -5.14. The minimum absolute atomic E-state index is 0.00379. The lowest BCUT2D eigenvalue weighted by molar-refractivity contribution is -0.220. The Balaban J connectivity index is 2.51. The Morgan fingerprint density at radius 3 is 1.58 bits per heavy atom. The number of phosphoric acid groups is 1. The van der Waals surface area contributed by atoms with Crippen molar-refractivity contribution in [3.8, 4) is 0 Å². The second-order valence-electron chi connectivity index (χ2n) is 16.1. The lowest BCUT2D eigenvalue weighted by Gasteiger charge is -2.41. The zero-order valence-electron chi connectivity index (χ0n) is 37.5. The monoisotopic (exact) mass is 901 g/mol. The molecule has 14 nitrogen and oxygen atoms in total. The zero-order valence-corrected chi connectivity index (χ0v) is 38.4. The summed E-state index contributed by atoms with van der Waals surface area (Å²) in [6.07, 6.45) is 28.0. The molecule has 0 aromatic rings. The van der Waals surface area contributed by atoms with Gasteiger partial charge < -0.3 is 45.0 Å². The van der Waals surface area contributed by atoms with Crippen LogP contribution in [0.1, 0.15) is 162 Å². The van der Waals surface area contributed by atoms with Crippen LogP contribution in [-0.2, 0) is 32.7 Å². The van der Waals surface area contributed by atoms with Gasteiger partial charge in [0, 0.05) is 12.8 Å².